The third-order valence-corrected chi connectivity index (χ3v) is 4.53. The van der Waals surface area contributed by atoms with E-state index in [1.54, 1.807) is 11.3 Å². The van der Waals surface area contributed by atoms with Crippen LogP contribution in [0.2, 0.25) is 0 Å². The van der Waals surface area contributed by atoms with Crippen molar-refractivity contribution in [2.75, 3.05) is 0 Å². The Labute approximate surface area is 136 Å². The summed E-state index contributed by atoms with van der Waals surface area (Å²) in [5.74, 6) is 1.64. The summed E-state index contributed by atoms with van der Waals surface area (Å²) in [4.78, 5) is 4.25. The van der Waals surface area contributed by atoms with E-state index in [-0.39, 0.29) is 0 Å². The molecule has 1 N–H and O–H groups in total. The van der Waals surface area contributed by atoms with Gasteiger partial charge >= 0.3 is 0 Å². The molecule has 4 aromatic rings. The van der Waals surface area contributed by atoms with Gasteiger partial charge in [-0.3, -0.25) is 0 Å². The summed E-state index contributed by atoms with van der Waals surface area (Å²) in [6.07, 6.45) is 3.82. The number of nitrogens with zero attached hydrogens (tertiary/aromatic N) is 5. The van der Waals surface area contributed by atoms with Crippen molar-refractivity contribution < 1.29 is 0 Å². The molecule has 0 saturated heterocycles. The van der Waals surface area contributed by atoms with E-state index in [4.69, 9.17) is 0 Å². The molecule has 23 heavy (non-hydrogen) atoms. The fraction of sp³-hybridized carbons (Fsp3) is 0.125. The molecule has 0 unspecified atom stereocenters. The number of tetrazole rings is 1. The average Bonchev–Trinajstić information content (AvgIpc) is 3.30. The number of aryl methyl sites for hydroxylation is 1. The number of aromatic amines is 1. The summed E-state index contributed by atoms with van der Waals surface area (Å²) in [5.41, 5.74) is 4.52. The van der Waals surface area contributed by atoms with E-state index >= 15 is 0 Å². The van der Waals surface area contributed by atoms with Gasteiger partial charge in [-0.2, -0.15) is 16.6 Å². The average molecular weight is 322 g/mol. The smallest absolute Gasteiger partial charge is 0.206 e. The van der Waals surface area contributed by atoms with Crippen molar-refractivity contribution in [3.63, 3.8) is 0 Å². The Balaban J connectivity index is 1.62. The molecular weight excluding hydrogens is 308 g/mol. The van der Waals surface area contributed by atoms with Crippen molar-refractivity contribution in [1.82, 2.24) is 30.2 Å². The van der Waals surface area contributed by atoms with E-state index in [1.807, 2.05) is 24.7 Å². The molecule has 4 rings (SSSR count). The lowest BCUT2D eigenvalue weighted by atomic mass is 10.0. The van der Waals surface area contributed by atoms with Crippen molar-refractivity contribution in [2.24, 2.45) is 0 Å². The van der Waals surface area contributed by atoms with Crippen molar-refractivity contribution >= 4 is 11.3 Å². The van der Waals surface area contributed by atoms with Gasteiger partial charge in [0.2, 0.25) is 5.82 Å². The number of hydrogen-bond acceptors (Lipinski definition) is 5. The number of H-pyrrole nitrogens is 1. The Bertz CT molecular complexity index is 904. The Morgan fingerprint density at radius 1 is 1.13 bits per heavy atom. The first-order chi connectivity index (χ1) is 11.3. The van der Waals surface area contributed by atoms with Gasteiger partial charge in [0, 0.05) is 35.4 Å². The predicted molar refractivity (Wildman–Crippen MR) is 89.0 cm³/mol. The Kier molecular flexibility index (Phi) is 3.47. The van der Waals surface area contributed by atoms with Crippen LogP contribution in [0.15, 0.2) is 47.4 Å². The van der Waals surface area contributed by atoms with Gasteiger partial charge in [0.1, 0.15) is 5.82 Å². The van der Waals surface area contributed by atoms with Gasteiger partial charge < -0.3 is 4.57 Å². The SMILES string of the molecule is Cc1nccn1Cc1ccc(-c2cscc2-c2nn[nH]n2)cc1. The predicted octanol–water partition coefficient (Wildman–Crippen LogP) is 3.15. The zero-order valence-corrected chi connectivity index (χ0v) is 13.3. The van der Waals surface area contributed by atoms with Crippen LogP contribution in [0.4, 0.5) is 0 Å². The second-order valence-electron chi connectivity index (χ2n) is 5.23. The second-order valence-corrected chi connectivity index (χ2v) is 5.98. The maximum absolute atomic E-state index is 4.25. The van der Waals surface area contributed by atoms with E-state index < -0.39 is 0 Å². The molecule has 1 aromatic carbocycles. The minimum atomic E-state index is 0.624. The number of hydrogen-bond donors (Lipinski definition) is 1. The number of thiophene rings is 1. The van der Waals surface area contributed by atoms with Crippen LogP contribution < -0.4 is 0 Å². The van der Waals surface area contributed by atoms with Crippen LogP contribution in [0.3, 0.4) is 0 Å². The molecule has 0 atom stereocenters. The van der Waals surface area contributed by atoms with Crippen LogP contribution in [-0.2, 0) is 6.54 Å². The van der Waals surface area contributed by atoms with Crippen molar-refractivity contribution in [1.29, 1.82) is 0 Å². The molecule has 6 nitrogen and oxygen atoms in total. The zero-order valence-electron chi connectivity index (χ0n) is 12.5. The number of benzene rings is 1. The first-order valence-corrected chi connectivity index (χ1v) is 8.12. The van der Waals surface area contributed by atoms with E-state index in [9.17, 15) is 0 Å². The van der Waals surface area contributed by atoms with E-state index in [0.717, 1.165) is 29.1 Å². The van der Waals surface area contributed by atoms with Crippen LogP contribution in [-0.4, -0.2) is 30.2 Å². The highest BCUT2D eigenvalue weighted by Crippen LogP contribution is 2.33. The number of aromatic nitrogens is 6. The summed E-state index contributed by atoms with van der Waals surface area (Å²) >= 11 is 1.64. The zero-order chi connectivity index (χ0) is 15.6. The normalized spacial score (nSPS) is 11.0. The van der Waals surface area contributed by atoms with Crippen LogP contribution in [0, 0.1) is 6.92 Å². The van der Waals surface area contributed by atoms with Crippen molar-refractivity contribution in [3.05, 3.63) is 58.8 Å². The highest BCUT2D eigenvalue weighted by atomic mass is 32.1. The molecule has 0 radical (unpaired) electrons. The summed E-state index contributed by atoms with van der Waals surface area (Å²) in [5, 5.41) is 18.4. The number of nitrogens with one attached hydrogen (secondary N) is 1. The fourth-order valence-corrected chi connectivity index (χ4v) is 3.36. The fourth-order valence-electron chi connectivity index (χ4n) is 2.53. The van der Waals surface area contributed by atoms with Gasteiger partial charge in [-0.15, -0.1) is 10.2 Å². The Morgan fingerprint density at radius 2 is 1.96 bits per heavy atom. The third kappa shape index (κ3) is 2.66. The van der Waals surface area contributed by atoms with Crippen LogP contribution in [0.5, 0.6) is 0 Å². The molecule has 3 heterocycles. The van der Waals surface area contributed by atoms with Crippen LogP contribution in [0.1, 0.15) is 11.4 Å². The first-order valence-electron chi connectivity index (χ1n) is 7.18. The monoisotopic (exact) mass is 322 g/mol. The third-order valence-electron chi connectivity index (χ3n) is 3.79. The first kappa shape index (κ1) is 13.8. The maximum Gasteiger partial charge on any atom is 0.206 e. The lowest BCUT2D eigenvalue weighted by molar-refractivity contribution is 0.762. The van der Waals surface area contributed by atoms with Gasteiger partial charge in [0.15, 0.2) is 0 Å². The summed E-state index contributed by atoms with van der Waals surface area (Å²) in [6.45, 7) is 2.84. The summed E-state index contributed by atoms with van der Waals surface area (Å²) in [7, 11) is 0. The van der Waals surface area contributed by atoms with Crippen molar-refractivity contribution in [3.8, 4) is 22.5 Å². The van der Waals surface area contributed by atoms with Gasteiger partial charge in [0.25, 0.3) is 0 Å². The minimum absolute atomic E-state index is 0.624. The molecule has 0 aliphatic carbocycles. The van der Waals surface area contributed by atoms with Crippen LogP contribution in [0.25, 0.3) is 22.5 Å². The lowest BCUT2D eigenvalue weighted by Gasteiger charge is -2.07. The molecule has 0 spiro atoms. The molecule has 114 valence electrons. The van der Waals surface area contributed by atoms with Gasteiger partial charge in [0.05, 0.1) is 0 Å². The molecule has 0 bridgehead atoms. The van der Waals surface area contributed by atoms with Gasteiger partial charge in [-0.25, -0.2) is 4.98 Å². The number of imidazole rings is 1. The van der Waals surface area contributed by atoms with Gasteiger partial charge in [-0.05, 0) is 28.6 Å². The maximum atomic E-state index is 4.25. The summed E-state index contributed by atoms with van der Waals surface area (Å²) < 4.78 is 2.13. The summed E-state index contributed by atoms with van der Waals surface area (Å²) in [6, 6.07) is 8.55. The molecule has 7 heteroatoms. The molecule has 0 amide bonds. The molecule has 0 saturated carbocycles. The van der Waals surface area contributed by atoms with E-state index in [0.29, 0.717) is 5.82 Å². The van der Waals surface area contributed by atoms with E-state index in [2.05, 4.69) is 59.8 Å². The molecule has 3 aromatic heterocycles. The molecule has 0 aliphatic heterocycles. The lowest BCUT2D eigenvalue weighted by Crippen LogP contribution is -2.00. The van der Waals surface area contributed by atoms with Crippen molar-refractivity contribution in [2.45, 2.75) is 13.5 Å². The Morgan fingerprint density at radius 3 is 2.65 bits per heavy atom. The van der Waals surface area contributed by atoms with E-state index in [1.165, 1.54) is 5.56 Å². The largest absolute Gasteiger partial charge is 0.331 e. The quantitative estimate of drug-likeness (QED) is 0.626. The van der Waals surface area contributed by atoms with Gasteiger partial charge in [-0.1, -0.05) is 24.3 Å². The highest BCUT2D eigenvalue weighted by Gasteiger charge is 2.12. The molecule has 0 aliphatic rings. The standard InChI is InChI=1S/C16H14N6S/c1-11-17-6-7-22(11)8-12-2-4-13(5-3-12)14-9-23-10-15(14)16-18-20-21-19-16/h2-7,9-10H,8H2,1H3,(H,18,19,20,21). The minimum Gasteiger partial charge on any atom is -0.331 e. The highest BCUT2D eigenvalue weighted by molar-refractivity contribution is 7.08. The second kappa shape index (κ2) is 5.77. The van der Waals surface area contributed by atoms with Crippen LogP contribution >= 0.6 is 11.3 Å². The molecule has 0 fully saturated rings. The Hall–Kier alpha value is -2.80. The molecular formula is C16H14N6S. The number of rotatable bonds is 4. The topological polar surface area (TPSA) is 72.3 Å².